The molecule has 4 amide bonds. The number of fused-ring (bicyclic) bond motifs is 1. The van der Waals surface area contributed by atoms with Crippen molar-refractivity contribution in [3.8, 4) is 0 Å². The summed E-state index contributed by atoms with van der Waals surface area (Å²) in [5, 5.41) is 6.02. The fourth-order valence-electron chi connectivity index (χ4n) is 4.84. The minimum Gasteiger partial charge on any atom is -0.465 e. The van der Waals surface area contributed by atoms with Crippen molar-refractivity contribution in [1.82, 2.24) is 10.2 Å². The van der Waals surface area contributed by atoms with Crippen molar-refractivity contribution in [3.63, 3.8) is 0 Å². The number of thiophene rings is 1. The zero-order valence-corrected chi connectivity index (χ0v) is 20.3. The van der Waals surface area contributed by atoms with Gasteiger partial charge >= 0.3 is 12.0 Å². The van der Waals surface area contributed by atoms with Crippen molar-refractivity contribution in [2.45, 2.75) is 57.4 Å². The molecule has 1 aliphatic heterocycles. The van der Waals surface area contributed by atoms with Crippen LogP contribution in [0.25, 0.3) is 0 Å². The molecule has 2 heterocycles. The van der Waals surface area contributed by atoms with Gasteiger partial charge in [-0.25, -0.2) is 9.59 Å². The van der Waals surface area contributed by atoms with E-state index in [1.807, 2.05) is 25.1 Å². The summed E-state index contributed by atoms with van der Waals surface area (Å²) in [6.45, 7) is 1.50. The Morgan fingerprint density at radius 3 is 2.59 bits per heavy atom. The van der Waals surface area contributed by atoms with Crippen LogP contribution < -0.4 is 10.6 Å². The largest absolute Gasteiger partial charge is 0.465 e. The van der Waals surface area contributed by atoms with E-state index in [2.05, 4.69) is 10.6 Å². The number of carbonyl (C=O) groups is 4. The second-order valence-electron chi connectivity index (χ2n) is 8.65. The summed E-state index contributed by atoms with van der Waals surface area (Å²) < 4.78 is 4.98. The quantitative estimate of drug-likeness (QED) is 0.352. The average Bonchev–Trinajstić information content (AvgIpc) is 3.16. The van der Waals surface area contributed by atoms with Crippen LogP contribution in [0.15, 0.2) is 30.3 Å². The third-order valence-corrected chi connectivity index (χ3v) is 7.64. The smallest absolute Gasteiger partial charge is 0.341 e. The highest BCUT2D eigenvalue weighted by Crippen LogP contribution is 2.38. The first-order valence-electron chi connectivity index (χ1n) is 11.6. The van der Waals surface area contributed by atoms with Crippen LogP contribution in [0.2, 0.25) is 0 Å². The van der Waals surface area contributed by atoms with Crippen molar-refractivity contribution in [2.75, 3.05) is 19.0 Å². The maximum absolute atomic E-state index is 13.4. The van der Waals surface area contributed by atoms with Gasteiger partial charge in [-0.3, -0.25) is 14.5 Å². The first-order chi connectivity index (χ1) is 16.4. The van der Waals surface area contributed by atoms with Gasteiger partial charge < -0.3 is 15.4 Å². The van der Waals surface area contributed by atoms with Gasteiger partial charge in [-0.15, -0.1) is 11.3 Å². The fourth-order valence-corrected chi connectivity index (χ4v) is 6.13. The van der Waals surface area contributed by atoms with Gasteiger partial charge in [-0.05, 0) is 43.2 Å². The highest BCUT2D eigenvalue weighted by molar-refractivity contribution is 7.17. The first-order valence-corrected chi connectivity index (χ1v) is 12.4. The lowest BCUT2D eigenvalue weighted by atomic mass is 9.85. The summed E-state index contributed by atoms with van der Waals surface area (Å²) in [6, 6.07) is 8.48. The predicted molar refractivity (Wildman–Crippen MR) is 129 cm³/mol. The SMILES string of the molecule is CCC[C@@]1(c2ccccc2)NC(=O)N(CC(=O)Nc2sc3c(c2C(=O)OC)CCCCC3)C1=O. The van der Waals surface area contributed by atoms with E-state index >= 15 is 0 Å². The summed E-state index contributed by atoms with van der Waals surface area (Å²) >= 11 is 1.37. The Morgan fingerprint density at radius 1 is 1.15 bits per heavy atom. The van der Waals surface area contributed by atoms with Crippen LogP contribution in [0.3, 0.4) is 0 Å². The number of methoxy groups -OCH3 is 1. The lowest BCUT2D eigenvalue weighted by molar-refractivity contribution is -0.134. The molecule has 1 fully saturated rings. The number of urea groups is 1. The van der Waals surface area contributed by atoms with Gasteiger partial charge in [-0.2, -0.15) is 0 Å². The second-order valence-corrected chi connectivity index (χ2v) is 9.76. The number of carbonyl (C=O) groups excluding carboxylic acids is 4. The van der Waals surface area contributed by atoms with Crippen LogP contribution >= 0.6 is 11.3 Å². The van der Waals surface area contributed by atoms with Crippen LogP contribution in [0.4, 0.5) is 9.80 Å². The fraction of sp³-hybridized carbons (Fsp3) is 0.440. The Bertz CT molecular complexity index is 1110. The van der Waals surface area contributed by atoms with E-state index in [4.69, 9.17) is 4.74 Å². The van der Waals surface area contributed by atoms with Crippen molar-refractivity contribution in [3.05, 3.63) is 51.9 Å². The van der Waals surface area contributed by atoms with Gasteiger partial charge in [0.15, 0.2) is 0 Å². The molecular weight excluding hydrogens is 454 g/mol. The number of amides is 4. The Labute approximate surface area is 202 Å². The molecule has 1 aromatic carbocycles. The molecule has 2 aliphatic rings. The molecule has 2 aromatic rings. The summed E-state index contributed by atoms with van der Waals surface area (Å²) in [5.74, 6) is -1.47. The van der Waals surface area contributed by atoms with Gasteiger partial charge in [0.2, 0.25) is 5.91 Å². The highest BCUT2D eigenvalue weighted by atomic mass is 32.1. The van der Waals surface area contributed by atoms with Crippen LogP contribution in [0.1, 0.15) is 65.4 Å². The van der Waals surface area contributed by atoms with Crippen LogP contribution in [-0.2, 0) is 32.7 Å². The maximum atomic E-state index is 13.4. The van der Waals surface area contributed by atoms with E-state index in [0.29, 0.717) is 29.0 Å². The van der Waals surface area contributed by atoms with Gasteiger partial charge in [-0.1, -0.05) is 50.1 Å². The first kappa shape index (κ1) is 23.9. The van der Waals surface area contributed by atoms with Crippen molar-refractivity contribution >= 4 is 40.2 Å². The monoisotopic (exact) mass is 483 g/mol. The van der Waals surface area contributed by atoms with E-state index in [9.17, 15) is 19.2 Å². The standard InChI is InChI=1S/C25H29N3O5S/c1-3-14-25(16-10-6-4-7-11-16)23(31)28(24(32)27-25)15-19(29)26-21-20(22(30)33-2)17-12-8-5-9-13-18(17)34-21/h4,6-7,10-11H,3,5,8-9,12-15H2,1-2H3,(H,26,29)(H,27,32)/t25-/m0/s1. The molecular formula is C25H29N3O5S. The summed E-state index contributed by atoms with van der Waals surface area (Å²) in [4.78, 5) is 53.8. The third-order valence-electron chi connectivity index (χ3n) is 6.43. The number of anilines is 1. The molecule has 34 heavy (non-hydrogen) atoms. The molecule has 9 heteroatoms. The molecule has 1 saturated heterocycles. The summed E-state index contributed by atoms with van der Waals surface area (Å²) in [5.41, 5.74) is 0.823. The van der Waals surface area contributed by atoms with Crippen LogP contribution in [-0.4, -0.2) is 42.4 Å². The molecule has 0 radical (unpaired) electrons. The molecule has 8 nitrogen and oxygen atoms in total. The molecule has 2 N–H and O–H groups in total. The normalized spacial score (nSPS) is 19.9. The Morgan fingerprint density at radius 2 is 1.88 bits per heavy atom. The van der Waals surface area contributed by atoms with Crippen molar-refractivity contribution in [2.24, 2.45) is 0 Å². The number of hydrogen-bond donors (Lipinski definition) is 2. The van der Waals surface area contributed by atoms with Gasteiger partial charge in [0.05, 0.1) is 12.7 Å². The molecule has 0 bridgehead atoms. The number of nitrogens with one attached hydrogen (secondary N) is 2. The zero-order valence-electron chi connectivity index (χ0n) is 19.4. The van der Waals surface area contributed by atoms with Gasteiger partial charge in [0.1, 0.15) is 17.1 Å². The van der Waals surface area contributed by atoms with Gasteiger partial charge in [0.25, 0.3) is 5.91 Å². The lowest BCUT2D eigenvalue weighted by Gasteiger charge is -2.26. The van der Waals surface area contributed by atoms with E-state index in [1.54, 1.807) is 12.1 Å². The third kappa shape index (κ3) is 4.32. The number of benzene rings is 1. The number of ether oxygens (including phenoxy) is 1. The van der Waals surface area contributed by atoms with Crippen molar-refractivity contribution < 1.29 is 23.9 Å². The number of aryl methyl sites for hydroxylation is 1. The molecule has 4 rings (SSSR count). The second kappa shape index (κ2) is 9.97. The Balaban J connectivity index is 1.56. The molecule has 0 spiro atoms. The number of imide groups is 1. The minimum absolute atomic E-state index is 0.388. The maximum Gasteiger partial charge on any atom is 0.341 e. The van der Waals surface area contributed by atoms with E-state index < -0.39 is 35.9 Å². The Hall–Kier alpha value is -3.20. The molecule has 0 saturated carbocycles. The van der Waals surface area contributed by atoms with E-state index in [0.717, 1.165) is 47.4 Å². The minimum atomic E-state index is -1.19. The predicted octanol–water partition coefficient (Wildman–Crippen LogP) is 3.99. The number of hydrogen-bond acceptors (Lipinski definition) is 6. The number of nitrogens with zero attached hydrogens (tertiary/aromatic N) is 1. The Kier molecular flexibility index (Phi) is 7.02. The summed E-state index contributed by atoms with van der Waals surface area (Å²) in [6.07, 6.45) is 5.80. The van der Waals surface area contributed by atoms with E-state index in [-0.39, 0.29) is 0 Å². The number of esters is 1. The van der Waals surface area contributed by atoms with E-state index in [1.165, 1.54) is 18.4 Å². The molecule has 1 aromatic heterocycles. The number of rotatable bonds is 7. The topological polar surface area (TPSA) is 105 Å². The summed E-state index contributed by atoms with van der Waals surface area (Å²) in [7, 11) is 1.32. The van der Waals surface area contributed by atoms with Crippen LogP contribution in [0.5, 0.6) is 0 Å². The molecule has 0 unspecified atom stereocenters. The molecule has 1 atom stereocenters. The zero-order chi connectivity index (χ0) is 24.3. The van der Waals surface area contributed by atoms with Crippen LogP contribution in [0, 0.1) is 0 Å². The molecule has 1 aliphatic carbocycles. The highest BCUT2D eigenvalue weighted by Gasteiger charge is 2.52. The van der Waals surface area contributed by atoms with Crippen molar-refractivity contribution in [1.29, 1.82) is 0 Å². The van der Waals surface area contributed by atoms with Gasteiger partial charge in [0, 0.05) is 4.88 Å². The lowest BCUT2D eigenvalue weighted by Crippen LogP contribution is -2.44. The molecule has 180 valence electrons. The average molecular weight is 484 g/mol.